The Bertz CT molecular complexity index is 516. The first-order valence-corrected chi connectivity index (χ1v) is 7.91. The summed E-state index contributed by atoms with van der Waals surface area (Å²) in [6.07, 6.45) is 2.20. The Morgan fingerprint density at radius 2 is 2.19 bits per heavy atom. The number of halogens is 2. The summed E-state index contributed by atoms with van der Waals surface area (Å²) in [5, 5.41) is 13.8. The Kier molecular flexibility index (Phi) is 7.31. The number of amides is 2. The second-order valence-electron chi connectivity index (χ2n) is 4.25. The number of hydrogen-bond donors (Lipinski definition) is 3. The Labute approximate surface area is 131 Å². The highest BCUT2D eigenvalue weighted by atomic mass is 35.5. The maximum Gasteiger partial charge on any atom is 0.326 e. The van der Waals surface area contributed by atoms with Gasteiger partial charge in [-0.2, -0.15) is 11.8 Å². The van der Waals surface area contributed by atoms with E-state index in [-0.39, 0.29) is 11.6 Å². The van der Waals surface area contributed by atoms with E-state index in [0.29, 0.717) is 17.7 Å². The van der Waals surface area contributed by atoms with Crippen molar-refractivity contribution in [2.75, 3.05) is 12.0 Å². The predicted octanol–water partition coefficient (Wildman–Crippen LogP) is 2.48. The number of urea groups is 1. The molecule has 0 aliphatic carbocycles. The summed E-state index contributed by atoms with van der Waals surface area (Å²) in [4.78, 5) is 22.6. The van der Waals surface area contributed by atoms with Gasteiger partial charge in [-0.15, -0.1) is 0 Å². The summed E-state index contributed by atoms with van der Waals surface area (Å²) in [5.41, 5.74) is 0.618. The average molecular weight is 335 g/mol. The van der Waals surface area contributed by atoms with Crippen LogP contribution in [-0.4, -0.2) is 35.2 Å². The van der Waals surface area contributed by atoms with Crippen molar-refractivity contribution in [3.05, 3.63) is 34.6 Å². The first-order chi connectivity index (χ1) is 9.93. The van der Waals surface area contributed by atoms with Crippen LogP contribution >= 0.6 is 23.4 Å². The topological polar surface area (TPSA) is 78.4 Å². The number of aliphatic carboxylic acids is 1. The van der Waals surface area contributed by atoms with E-state index in [1.807, 2.05) is 6.26 Å². The van der Waals surface area contributed by atoms with E-state index in [0.717, 1.165) is 0 Å². The minimum Gasteiger partial charge on any atom is -0.480 e. The first-order valence-electron chi connectivity index (χ1n) is 6.14. The lowest BCUT2D eigenvalue weighted by Gasteiger charge is -2.14. The summed E-state index contributed by atoms with van der Waals surface area (Å²) >= 11 is 7.13. The van der Waals surface area contributed by atoms with Gasteiger partial charge >= 0.3 is 12.0 Å². The number of thioether (sulfide) groups is 1. The maximum absolute atomic E-state index is 13.0. The largest absolute Gasteiger partial charge is 0.480 e. The van der Waals surface area contributed by atoms with Gasteiger partial charge in [-0.25, -0.2) is 14.0 Å². The summed E-state index contributed by atoms with van der Waals surface area (Å²) in [6.45, 7) is 0.126. The van der Waals surface area contributed by atoms with Gasteiger partial charge in [-0.1, -0.05) is 17.7 Å². The van der Waals surface area contributed by atoms with E-state index in [9.17, 15) is 14.0 Å². The number of benzene rings is 1. The van der Waals surface area contributed by atoms with Crippen molar-refractivity contribution in [2.45, 2.75) is 19.0 Å². The zero-order valence-electron chi connectivity index (χ0n) is 11.4. The monoisotopic (exact) mass is 334 g/mol. The molecule has 0 fully saturated rings. The summed E-state index contributed by atoms with van der Waals surface area (Å²) in [7, 11) is 0. The van der Waals surface area contributed by atoms with Gasteiger partial charge in [0.2, 0.25) is 0 Å². The standard InChI is InChI=1S/C13H16ClFN2O3S/c1-21-5-4-11(12(18)19)17-13(20)16-7-8-2-3-10(15)9(14)6-8/h2-3,6,11H,4-5,7H2,1H3,(H,18,19)(H2,16,17,20). The molecule has 2 amide bonds. The molecule has 1 aromatic rings. The van der Waals surface area contributed by atoms with Crippen LogP contribution in [0.1, 0.15) is 12.0 Å². The molecule has 1 rings (SSSR count). The number of rotatable bonds is 7. The zero-order valence-corrected chi connectivity index (χ0v) is 12.9. The molecule has 0 aromatic heterocycles. The highest BCUT2D eigenvalue weighted by Crippen LogP contribution is 2.15. The number of carbonyl (C=O) groups is 2. The molecule has 0 aliphatic rings. The fraction of sp³-hybridized carbons (Fsp3) is 0.385. The van der Waals surface area contributed by atoms with Gasteiger partial charge in [0.05, 0.1) is 5.02 Å². The van der Waals surface area contributed by atoms with Crippen LogP contribution in [0, 0.1) is 5.82 Å². The van der Waals surface area contributed by atoms with Gasteiger partial charge < -0.3 is 15.7 Å². The molecule has 8 heteroatoms. The van der Waals surface area contributed by atoms with Gasteiger partial charge in [0, 0.05) is 6.54 Å². The van der Waals surface area contributed by atoms with Crippen molar-refractivity contribution in [3.8, 4) is 0 Å². The molecular weight excluding hydrogens is 319 g/mol. The maximum atomic E-state index is 13.0. The normalized spacial score (nSPS) is 11.8. The molecule has 116 valence electrons. The van der Waals surface area contributed by atoms with Crippen LogP contribution in [0.25, 0.3) is 0 Å². The van der Waals surface area contributed by atoms with Gasteiger partial charge in [0.25, 0.3) is 0 Å². The fourth-order valence-corrected chi connectivity index (χ4v) is 2.21. The van der Waals surface area contributed by atoms with E-state index >= 15 is 0 Å². The molecule has 0 saturated carbocycles. The highest BCUT2D eigenvalue weighted by molar-refractivity contribution is 7.98. The minimum absolute atomic E-state index is 0.0295. The lowest BCUT2D eigenvalue weighted by molar-refractivity contribution is -0.139. The Balaban J connectivity index is 2.48. The number of carbonyl (C=O) groups excluding carboxylic acids is 1. The fourth-order valence-electron chi connectivity index (χ4n) is 1.53. The molecule has 0 saturated heterocycles. The quantitative estimate of drug-likeness (QED) is 0.716. The van der Waals surface area contributed by atoms with E-state index in [2.05, 4.69) is 10.6 Å². The van der Waals surface area contributed by atoms with Crippen LogP contribution in [0.5, 0.6) is 0 Å². The Morgan fingerprint density at radius 1 is 1.48 bits per heavy atom. The van der Waals surface area contributed by atoms with Crippen LogP contribution in [-0.2, 0) is 11.3 Å². The molecule has 1 aromatic carbocycles. The van der Waals surface area contributed by atoms with Crippen molar-refractivity contribution >= 4 is 35.4 Å². The second-order valence-corrected chi connectivity index (χ2v) is 5.64. The van der Waals surface area contributed by atoms with Gasteiger partial charge in [-0.3, -0.25) is 0 Å². The molecule has 21 heavy (non-hydrogen) atoms. The third kappa shape index (κ3) is 6.22. The molecule has 3 N–H and O–H groups in total. The van der Waals surface area contributed by atoms with Gasteiger partial charge in [0.15, 0.2) is 0 Å². The second kappa shape index (κ2) is 8.74. The number of nitrogens with one attached hydrogen (secondary N) is 2. The third-order valence-electron chi connectivity index (χ3n) is 2.65. The molecule has 1 atom stereocenters. The number of carboxylic acids is 1. The van der Waals surface area contributed by atoms with Crippen LogP contribution < -0.4 is 10.6 Å². The summed E-state index contributed by atoms with van der Waals surface area (Å²) in [5.74, 6) is -0.984. The summed E-state index contributed by atoms with van der Waals surface area (Å²) < 4.78 is 13.0. The van der Waals surface area contributed by atoms with Crippen LogP contribution in [0.2, 0.25) is 5.02 Å². The van der Waals surface area contributed by atoms with E-state index in [1.165, 1.54) is 30.0 Å². The Morgan fingerprint density at radius 3 is 2.76 bits per heavy atom. The van der Waals surface area contributed by atoms with E-state index in [4.69, 9.17) is 16.7 Å². The predicted molar refractivity (Wildman–Crippen MR) is 81.2 cm³/mol. The molecule has 5 nitrogen and oxygen atoms in total. The lowest BCUT2D eigenvalue weighted by Crippen LogP contribution is -2.46. The molecule has 0 heterocycles. The van der Waals surface area contributed by atoms with Crippen LogP contribution in [0.4, 0.5) is 9.18 Å². The lowest BCUT2D eigenvalue weighted by atomic mass is 10.2. The summed E-state index contributed by atoms with van der Waals surface area (Å²) in [6, 6.07) is 2.57. The van der Waals surface area contributed by atoms with Crippen LogP contribution in [0.3, 0.4) is 0 Å². The first kappa shape index (κ1) is 17.6. The minimum atomic E-state index is -1.08. The van der Waals surface area contributed by atoms with Crippen molar-refractivity contribution < 1.29 is 19.1 Å². The SMILES string of the molecule is CSCCC(NC(=O)NCc1ccc(F)c(Cl)c1)C(=O)O. The number of carboxylic acid groups (broad SMARTS) is 1. The Hall–Kier alpha value is -1.47. The molecular formula is C13H16ClFN2O3S. The van der Waals surface area contributed by atoms with Crippen molar-refractivity contribution in [3.63, 3.8) is 0 Å². The zero-order chi connectivity index (χ0) is 15.8. The van der Waals surface area contributed by atoms with E-state index < -0.39 is 23.9 Å². The molecule has 0 aliphatic heterocycles. The highest BCUT2D eigenvalue weighted by Gasteiger charge is 2.19. The smallest absolute Gasteiger partial charge is 0.326 e. The third-order valence-corrected chi connectivity index (χ3v) is 3.58. The van der Waals surface area contributed by atoms with Crippen molar-refractivity contribution in [2.24, 2.45) is 0 Å². The van der Waals surface area contributed by atoms with Crippen molar-refractivity contribution in [1.29, 1.82) is 0 Å². The van der Waals surface area contributed by atoms with Crippen LogP contribution in [0.15, 0.2) is 18.2 Å². The molecule has 0 spiro atoms. The molecule has 0 bridgehead atoms. The van der Waals surface area contributed by atoms with Gasteiger partial charge in [0.1, 0.15) is 11.9 Å². The van der Waals surface area contributed by atoms with Crippen molar-refractivity contribution in [1.82, 2.24) is 10.6 Å². The number of hydrogen-bond acceptors (Lipinski definition) is 3. The van der Waals surface area contributed by atoms with Gasteiger partial charge in [-0.05, 0) is 36.1 Å². The average Bonchev–Trinajstić information content (AvgIpc) is 2.44. The molecule has 0 radical (unpaired) electrons. The van der Waals surface area contributed by atoms with E-state index in [1.54, 1.807) is 0 Å². The molecule has 1 unspecified atom stereocenters.